The van der Waals surface area contributed by atoms with Crippen molar-refractivity contribution in [1.29, 1.82) is 0 Å². The van der Waals surface area contributed by atoms with Gasteiger partial charge in [-0.15, -0.1) is 0 Å². The quantitative estimate of drug-likeness (QED) is 0.260. The summed E-state index contributed by atoms with van der Waals surface area (Å²) in [4.78, 5) is 0. The molecule has 0 aliphatic carbocycles. The number of nitrogens with zero attached hydrogens (tertiary/aromatic N) is 1. The highest BCUT2D eigenvalue weighted by Crippen LogP contribution is 2.23. The van der Waals surface area contributed by atoms with Crippen molar-refractivity contribution in [3.05, 3.63) is 0 Å². The molecule has 0 aromatic heterocycles. The molecule has 1 unspecified atom stereocenters. The first-order valence-corrected chi connectivity index (χ1v) is 21.1. The third-order valence-electron chi connectivity index (χ3n) is 1.55. The Hall–Kier alpha value is 3.31. The summed E-state index contributed by atoms with van der Waals surface area (Å²) in [6.07, 6.45) is 1.30. The van der Waals surface area contributed by atoms with E-state index >= 15 is 0 Å². The molecule has 0 spiro atoms. The molecule has 0 saturated heterocycles. The maximum Gasteiger partial charge on any atom is 0.242 e. The minimum absolute atomic E-state index is 0.599. The average molecular weight is 637 g/mol. The predicted molar refractivity (Wildman–Crippen MR) is 92.0 cm³/mol. The van der Waals surface area contributed by atoms with Crippen LogP contribution in [0.1, 0.15) is 20.3 Å². The minimum Gasteiger partial charge on any atom is -0.316 e. The first-order valence-electron chi connectivity index (χ1n) is 3.34. The lowest BCUT2D eigenvalue weighted by Crippen LogP contribution is -2.43. The van der Waals surface area contributed by atoms with Crippen molar-refractivity contribution in [2.45, 2.75) is 26.3 Å². The Labute approximate surface area is 123 Å². The lowest BCUT2D eigenvalue weighted by molar-refractivity contribution is 0.505. The average Bonchev–Trinajstić information content (AvgIpc) is 1.85. The highest BCUT2D eigenvalue weighted by atomic mass is 127. The third kappa shape index (κ3) is 5.69. The van der Waals surface area contributed by atoms with Gasteiger partial charge in [0.05, 0.1) is 0 Å². The standard InChI is InChI=1S/C4H11I4NSi2/c1-3-4(2)9(10(5)6)11(7)8/h4,10-11H,3H2,1-2H3. The molecular formula is C4H11I4NSi2. The summed E-state index contributed by atoms with van der Waals surface area (Å²) in [6.45, 7) is 4.64. The second-order valence-corrected chi connectivity index (χ2v) is 33.6. The molecule has 7 heteroatoms. The molecule has 0 aromatic carbocycles. The molecule has 1 atom stereocenters. The summed E-state index contributed by atoms with van der Waals surface area (Å²) in [5, 5.41) is 0. The highest BCUT2D eigenvalue weighted by molar-refractivity contribution is 14.3. The zero-order valence-corrected chi connectivity index (χ0v) is 17.3. The van der Waals surface area contributed by atoms with Crippen molar-refractivity contribution in [1.82, 2.24) is 4.23 Å². The molecule has 11 heavy (non-hydrogen) atoms. The van der Waals surface area contributed by atoms with E-state index in [1.807, 2.05) is 0 Å². The smallest absolute Gasteiger partial charge is 0.242 e. The lowest BCUT2D eigenvalue weighted by Gasteiger charge is -2.30. The van der Waals surface area contributed by atoms with E-state index in [0.717, 1.165) is 6.04 Å². The molecule has 0 bridgehead atoms. The van der Waals surface area contributed by atoms with Crippen LogP contribution in [0.2, 0.25) is 0 Å². The van der Waals surface area contributed by atoms with E-state index in [1.54, 1.807) is 0 Å². The van der Waals surface area contributed by atoms with E-state index in [2.05, 4.69) is 105 Å². The molecule has 0 rings (SSSR count). The Morgan fingerprint density at radius 1 is 1.18 bits per heavy atom. The van der Waals surface area contributed by atoms with Crippen molar-refractivity contribution in [3.8, 4) is 0 Å². The first-order chi connectivity index (χ1) is 5.00. The van der Waals surface area contributed by atoms with Crippen LogP contribution < -0.4 is 0 Å². The second kappa shape index (κ2) is 7.59. The van der Waals surface area contributed by atoms with E-state index in [1.165, 1.54) is 6.42 Å². The summed E-state index contributed by atoms with van der Waals surface area (Å²) < 4.78 is 1.58. The normalized spacial score (nSPS) is 15.0. The van der Waals surface area contributed by atoms with E-state index in [0.29, 0.717) is 0 Å². The maximum absolute atomic E-state index is 2.78. The van der Waals surface area contributed by atoms with Crippen molar-refractivity contribution < 1.29 is 0 Å². The third-order valence-corrected chi connectivity index (χ3v) is 20.3. The van der Waals surface area contributed by atoms with Crippen LogP contribution in [-0.4, -0.2) is 18.2 Å². The van der Waals surface area contributed by atoms with Crippen LogP contribution in [0.25, 0.3) is 0 Å². The van der Waals surface area contributed by atoms with Gasteiger partial charge in [-0.1, -0.05) is 101 Å². The fourth-order valence-electron chi connectivity index (χ4n) is 0.681. The Kier molecular flexibility index (Phi) is 9.87. The second-order valence-electron chi connectivity index (χ2n) is 2.26. The number of hydrogen-bond acceptors (Lipinski definition) is 1. The van der Waals surface area contributed by atoms with E-state index in [4.69, 9.17) is 0 Å². The van der Waals surface area contributed by atoms with E-state index in [9.17, 15) is 0 Å². The minimum atomic E-state index is -0.599. The largest absolute Gasteiger partial charge is 0.316 e. The van der Waals surface area contributed by atoms with Gasteiger partial charge in [0.15, 0.2) is 0 Å². The topological polar surface area (TPSA) is 3.24 Å². The molecule has 0 N–H and O–H groups in total. The molecule has 68 valence electrons. The molecule has 0 aliphatic rings. The van der Waals surface area contributed by atoms with Crippen LogP contribution in [-0.2, 0) is 0 Å². The molecule has 0 aromatic rings. The Morgan fingerprint density at radius 3 is 1.64 bits per heavy atom. The van der Waals surface area contributed by atoms with Crippen LogP contribution in [0, 0.1) is 0 Å². The van der Waals surface area contributed by atoms with Crippen LogP contribution in [0.5, 0.6) is 0 Å². The van der Waals surface area contributed by atoms with Crippen molar-refractivity contribution in [2.75, 3.05) is 0 Å². The molecule has 0 fully saturated rings. The predicted octanol–water partition coefficient (Wildman–Crippen LogP) is 3.26. The summed E-state index contributed by atoms with van der Waals surface area (Å²) >= 11 is 10.5. The molecule has 0 amide bonds. The van der Waals surface area contributed by atoms with Gasteiger partial charge in [0.1, 0.15) is 0 Å². The summed E-state index contributed by atoms with van der Waals surface area (Å²) in [6, 6.07) is 0.811. The van der Waals surface area contributed by atoms with Crippen LogP contribution in [0.4, 0.5) is 0 Å². The van der Waals surface area contributed by atoms with Gasteiger partial charge in [-0.05, 0) is 12.5 Å². The van der Waals surface area contributed by atoms with Gasteiger partial charge in [0, 0.05) is 0 Å². The van der Waals surface area contributed by atoms with Gasteiger partial charge in [-0.3, -0.25) is 0 Å². The lowest BCUT2D eigenvalue weighted by atomic mass is 10.3. The van der Waals surface area contributed by atoms with Gasteiger partial charge >= 0.3 is 0 Å². The summed E-state index contributed by atoms with van der Waals surface area (Å²) in [7, 11) is 0. The van der Waals surface area contributed by atoms with Crippen LogP contribution >= 0.6 is 87.2 Å². The van der Waals surface area contributed by atoms with Gasteiger partial charge in [0.2, 0.25) is 7.90 Å². The zero-order valence-electron chi connectivity index (χ0n) is 6.40. The first kappa shape index (κ1) is 14.3. The van der Waals surface area contributed by atoms with Crippen LogP contribution in [0.3, 0.4) is 0 Å². The Morgan fingerprint density at radius 2 is 1.55 bits per heavy atom. The van der Waals surface area contributed by atoms with Crippen LogP contribution in [0.15, 0.2) is 0 Å². The molecular weight excluding hydrogens is 626 g/mol. The molecule has 0 heterocycles. The van der Waals surface area contributed by atoms with Crippen molar-refractivity contribution in [2.24, 2.45) is 0 Å². The SMILES string of the molecule is CCC(C)N([SiH](I)I)[SiH](I)I. The molecule has 1 nitrogen and oxygen atoms in total. The number of rotatable bonds is 4. The van der Waals surface area contributed by atoms with E-state index in [-0.39, 0.29) is 0 Å². The fourth-order valence-corrected chi connectivity index (χ4v) is 42.9. The number of halogens is 4. The highest BCUT2D eigenvalue weighted by Gasteiger charge is 2.24. The molecule has 0 saturated carbocycles. The van der Waals surface area contributed by atoms with E-state index < -0.39 is 7.90 Å². The molecule has 0 aliphatic heterocycles. The van der Waals surface area contributed by atoms with Gasteiger partial charge in [0.25, 0.3) is 0 Å². The summed E-state index contributed by atoms with van der Waals surface area (Å²) in [5.74, 6) is 0. The Balaban J connectivity index is 4.09. The van der Waals surface area contributed by atoms with Crippen molar-refractivity contribution >= 4 is 95.1 Å². The van der Waals surface area contributed by atoms with Gasteiger partial charge in [-0.25, -0.2) is 0 Å². The maximum atomic E-state index is 2.78. The summed E-state index contributed by atoms with van der Waals surface area (Å²) in [5.41, 5.74) is 0. The Bertz CT molecular complexity index is 104. The monoisotopic (exact) mass is 637 g/mol. The molecule has 0 radical (unpaired) electrons. The van der Waals surface area contributed by atoms with Gasteiger partial charge in [-0.2, -0.15) is 0 Å². The fraction of sp³-hybridized carbons (Fsp3) is 1.00. The zero-order chi connectivity index (χ0) is 9.02. The van der Waals surface area contributed by atoms with Gasteiger partial charge < -0.3 is 4.23 Å². The van der Waals surface area contributed by atoms with Crippen molar-refractivity contribution in [3.63, 3.8) is 0 Å². The number of hydrogen-bond donors (Lipinski definition) is 0.